The quantitative estimate of drug-likeness (QED) is 0.606. The molecule has 1 aliphatic rings. The number of amides is 1. The van der Waals surface area contributed by atoms with Gasteiger partial charge in [-0.1, -0.05) is 0 Å². The minimum atomic E-state index is -3.22. The van der Waals surface area contributed by atoms with Crippen LogP contribution in [0, 0.1) is 10.1 Å². The van der Waals surface area contributed by atoms with Crippen LogP contribution < -0.4 is 10.2 Å². The summed E-state index contributed by atoms with van der Waals surface area (Å²) in [5, 5.41) is 13.8. The van der Waals surface area contributed by atoms with E-state index in [1.54, 1.807) is 25.1 Å². The van der Waals surface area contributed by atoms with Crippen molar-refractivity contribution < 1.29 is 18.1 Å². The number of benzene rings is 1. The number of nitrogens with zero attached hydrogens (tertiary/aromatic N) is 3. The average Bonchev–Trinajstić information content (AvgIpc) is 2.53. The molecule has 1 N–H and O–H groups in total. The monoisotopic (exact) mass is 370 g/mol. The van der Waals surface area contributed by atoms with Crippen molar-refractivity contribution in [2.75, 3.05) is 38.3 Å². The molecule has 9 nitrogen and oxygen atoms in total. The second-order valence-electron chi connectivity index (χ2n) is 6.26. The highest BCUT2D eigenvalue weighted by Gasteiger charge is 2.27. The van der Waals surface area contributed by atoms with Crippen molar-refractivity contribution in [3.63, 3.8) is 0 Å². The number of carbonyl (C=O) groups is 1. The lowest BCUT2D eigenvalue weighted by molar-refractivity contribution is -0.384. The molecule has 138 valence electrons. The summed E-state index contributed by atoms with van der Waals surface area (Å²) in [6, 6.07) is 3.99. The minimum Gasteiger partial charge on any atom is -0.377 e. The highest BCUT2D eigenvalue weighted by Crippen LogP contribution is 2.25. The summed E-state index contributed by atoms with van der Waals surface area (Å²) in [6.45, 7) is 0.693. The number of rotatable bonds is 5. The van der Waals surface area contributed by atoms with Crippen LogP contribution in [0.2, 0.25) is 0 Å². The maximum atomic E-state index is 12.6. The molecule has 0 bridgehead atoms. The smallest absolute Gasteiger partial charge is 0.270 e. The molecule has 25 heavy (non-hydrogen) atoms. The van der Waals surface area contributed by atoms with Crippen LogP contribution in [0.25, 0.3) is 0 Å². The zero-order valence-corrected chi connectivity index (χ0v) is 15.2. The van der Waals surface area contributed by atoms with Gasteiger partial charge in [-0.3, -0.25) is 14.9 Å². The molecule has 0 atom stereocenters. The van der Waals surface area contributed by atoms with E-state index in [4.69, 9.17) is 0 Å². The van der Waals surface area contributed by atoms with Gasteiger partial charge in [-0.2, -0.15) is 0 Å². The Balaban J connectivity index is 2.13. The van der Waals surface area contributed by atoms with Gasteiger partial charge in [0.15, 0.2) is 0 Å². The molecule has 0 saturated carbocycles. The first-order valence-corrected chi connectivity index (χ1v) is 9.66. The second kappa shape index (κ2) is 7.36. The van der Waals surface area contributed by atoms with E-state index >= 15 is 0 Å². The van der Waals surface area contributed by atoms with Crippen molar-refractivity contribution in [1.29, 1.82) is 0 Å². The van der Waals surface area contributed by atoms with Crippen molar-refractivity contribution in [2.24, 2.45) is 0 Å². The SMILES string of the molecule is CN(C)c1ccc([N+](=O)[O-])cc1C(=O)NC1CCN(S(C)(=O)=O)CC1. The summed E-state index contributed by atoms with van der Waals surface area (Å²) < 4.78 is 24.4. The van der Waals surface area contributed by atoms with Crippen LogP contribution in [-0.2, 0) is 10.0 Å². The third-order valence-corrected chi connectivity index (χ3v) is 5.48. The standard InChI is InChI=1S/C15H22N4O5S/c1-17(2)14-5-4-12(19(21)22)10-13(14)15(20)16-11-6-8-18(9-7-11)25(3,23)24/h4-5,10-11H,6-9H2,1-3H3,(H,16,20). The molecule has 0 aromatic heterocycles. The van der Waals surface area contributed by atoms with E-state index in [9.17, 15) is 23.3 Å². The number of sulfonamides is 1. The number of non-ortho nitro benzene ring substituents is 1. The predicted molar refractivity (Wildman–Crippen MR) is 94.3 cm³/mol. The molecule has 1 saturated heterocycles. The van der Waals surface area contributed by atoms with Gasteiger partial charge in [0.2, 0.25) is 10.0 Å². The van der Waals surface area contributed by atoms with E-state index in [0.717, 1.165) is 0 Å². The second-order valence-corrected chi connectivity index (χ2v) is 8.25. The summed E-state index contributed by atoms with van der Waals surface area (Å²) in [5.41, 5.74) is 0.657. The fourth-order valence-electron chi connectivity index (χ4n) is 2.80. The number of carbonyl (C=O) groups excluding carboxylic acids is 1. The maximum absolute atomic E-state index is 12.6. The van der Waals surface area contributed by atoms with Gasteiger partial charge in [0, 0.05) is 51.0 Å². The van der Waals surface area contributed by atoms with Crippen LogP contribution in [0.1, 0.15) is 23.2 Å². The molecule has 0 spiro atoms. The molecule has 0 aliphatic carbocycles. The Kier molecular flexibility index (Phi) is 5.63. The zero-order valence-electron chi connectivity index (χ0n) is 14.4. The average molecular weight is 370 g/mol. The molecule has 1 heterocycles. The Morgan fingerprint density at radius 3 is 2.40 bits per heavy atom. The summed E-state index contributed by atoms with van der Waals surface area (Å²) in [5.74, 6) is -0.398. The van der Waals surface area contributed by atoms with E-state index in [2.05, 4.69) is 5.32 Å². The van der Waals surface area contributed by atoms with Crippen LogP contribution in [-0.4, -0.2) is 63.0 Å². The number of anilines is 1. The molecule has 0 radical (unpaired) electrons. The highest BCUT2D eigenvalue weighted by molar-refractivity contribution is 7.88. The number of hydrogen-bond acceptors (Lipinski definition) is 6. The molecule has 2 rings (SSSR count). The number of nitrogens with one attached hydrogen (secondary N) is 1. The molecule has 1 aromatic rings. The molecule has 1 fully saturated rings. The van der Waals surface area contributed by atoms with Crippen molar-refractivity contribution in [3.05, 3.63) is 33.9 Å². The third-order valence-electron chi connectivity index (χ3n) is 4.18. The summed E-state index contributed by atoms with van der Waals surface area (Å²) in [7, 11) is 0.281. The number of nitro benzene ring substituents is 1. The van der Waals surface area contributed by atoms with Gasteiger partial charge in [-0.15, -0.1) is 0 Å². The predicted octanol–water partition coefficient (Wildman–Crippen LogP) is 0.815. The third kappa shape index (κ3) is 4.67. The van der Waals surface area contributed by atoms with Crippen molar-refractivity contribution >= 4 is 27.3 Å². The topological polar surface area (TPSA) is 113 Å². The largest absolute Gasteiger partial charge is 0.377 e. The maximum Gasteiger partial charge on any atom is 0.270 e. The number of piperidine rings is 1. The van der Waals surface area contributed by atoms with Gasteiger partial charge < -0.3 is 10.2 Å². The molecule has 1 aliphatic heterocycles. The highest BCUT2D eigenvalue weighted by atomic mass is 32.2. The lowest BCUT2D eigenvalue weighted by Crippen LogP contribution is -2.46. The Hall–Kier alpha value is -2.20. The fraction of sp³-hybridized carbons (Fsp3) is 0.533. The van der Waals surface area contributed by atoms with Crippen molar-refractivity contribution in [1.82, 2.24) is 9.62 Å². The van der Waals surface area contributed by atoms with E-state index in [1.807, 2.05) is 0 Å². The van der Waals surface area contributed by atoms with Crippen molar-refractivity contribution in [2.45, 2.75) is 18.9 Å². The number of hydrogen-bond donors (Lipinski definition) is 1. The van der Waals surface area contributed by atoms with E-state index < -0.39 is 20.9 Å². The lowest BCUT2D eigenvalue weighted by Gasteiger charge is -2.31. The Morgan fingerprint density at radius 2 is 1.92 bits per heavy atom. The van der Waals surface area contributed by atoms with Crippen LogP contribution in [0.5, 0.6) is 0 Å². The summed E-state index contributed by atoms with van der Waals surface area (Å²) in [6.07, 6.45) is 2.18. The first-order chi connectivity index (χ1) is 11.6. The van der Waals surface area contributed by atoms with Crippen LogP contribution in [0.15, 0.2) is 18.2 Å². The molecule has 10 heteroatoms. The van der Waals surface area contributed by atoms with Crippen LogP contribution in [0.4, 0.5) is 11.4 Å². The van der Waals surface area contributed by atoms with Gasteiger partial charge in [0.1, 0.15) is 0 Å². The lowest BCUT2D eigenvalue weighted by atomic mass is 10.0. The Bertz CT molecular complexity index is 770. The van der Waals surface area contributed by atoms with E-state index in [0.29, 0.717) is 31.6 Å². The van der Waals surface area contributed by atoms with E-state index in [-0.39, 0.29) is 17.3 Å². The summed E-state index contributed by atoms with van der Waals surface area (Å²) >= 11 is 0. The minimum absolute atomic E-state index is 0.150. The van der Waals surface area contributed by atoms with Crippen molar-refractivity contribution in [3.8, 4) is 0 Å². The molecule has 0 unspecified atom stereocenters. The van der Waals surface area contributed by atoms with Gasteiger partial charge >= 0.3 is 0 Å². The van der Waals surface area contributed by atoms with Gasteiger partial charge in [0.05, 0.1) is 16.7 Å². The first kappa shape index (κ1) is 19.1. The van der Waals surface area contributed by atoms with E-state index in [1.165, 1.54) is 22.7 Å². The summed E-state index contributed by atoms with van der Waals surface area (Å²) in [4.78, 5) is 24.7. The van der Waals surface area contributed by atoms with Gasteiger partial charge in [-0.05, 0) is 18.9 Å². The molecule has 1 aromatic carbocycles. The first-order valence-electron chi connectivity index (χ1n) is 7.81. The fourth-order valence-corrected chi connectivity index (χ4v) is 3.68. The molecule has 1 amide bonds. The van der Waals surface area contributed by atoms with Gasteiger partial charge in [0.25, 0.3) is 11.6 Å². The molecular formula is C15H22N4O5S. The zero-order chi connectivity index (χ0) is 18.8. The Morgan fingerprint density at radius 1 is 1.32 bits per heavy atom. The molecular weight excluding hydrogens is 348 g/mol. The Labute approximate surface area is 146 Å². The van der Waals surface area contributed by atoms with Crippen LogP contribution >= 0.6 is 0 Å². The normalized spacial score (nSPS) is 16.4. The van der Waals surface area contributed by atoms with Crippen LogP contribution in [0.3, 0.4) is 0 Å². The number of nitro groups is 1. The van der Waals surface area contributed by atoms with Gasteiger partial charge in [-0.25, -0.2) is 12.7 Å².